The van der Waals surface area contributed by atoms with Crippen LogP contribution in [0.4, 0.5) is 0 Å². The SMILES string of the molecule is c1cc(C2(CCN3CCNCC3)COC2)ccn1. The Balaban J connectivity index is 1.62. The Bertz CT molecular complexity index is 372. The van der Waals surface area contributed by atoms with Crippen molar-refractivity contribution < 1.29 is 4.74 Å². The zero-order valence-corrected chi connectivity index (χ0v) is 10.8. The number of hydrogen-bond acceptors (Lipinski definition) is 4. The summed E-state index contributed by atoms with van der Waals surface area (Å²) in [6.07, 6.45) is 4.97. The number of hydrogen-bond donors (Lipinski definition) is 1. The molecule has 2 aliphatic heterocycles. The van der Waals surface area contributed by atoms with Crippen LogP contribution in [0, 0.1) is 0 Å². The lowest BCUT2D eigenvalue weighted by atomic mass is 9.76. The zero-order valence-electron chi connectivity index (χ0n) is 10.8. The van der Waals surface area contributed by atoms with Crippen LogP contribution in [0.15, 0.2) is 24.5 Å². The third kappa shape index (κ3) is 2.41. The van der Waals surface area contributed by atoms with E-state index in [0.29, 0.717) is 0 Å². The van der Waals surface area contributed by atoms with Crippen molar-refractivity contribution >= 4 is 0 Å². The summed E-state index contributed by atoms with van der Waals surface area (Å²) >= 11 is 0. The molecule has 0 spiro atoms. The molecule has 0 bridgehead atoms. The topological polar surface area (TPSA) is 37.4 Å². The van der Waals surface area contributed by atoms with E-state index in [9.17, 15) is 0 Å². The van der Waals surface area contributed by atoms with Gasteiger partial charge in [0.15, 0.2) is 0 Å². The molecule has 4 nitrogen and oxygen atoms in total. The van der Waals surface area contributed by atoms with Gasteiger partial charge < -0.3 is 15.0 Å². The van der Waals surface area contributed by atoms with Crippen molar-refractivity contribution in [2.45, 2.75) is 11.8 Å². The van der Waals surface area contributed by atoms with Crippen LogP contribution < -0.4 is 5.32 Å². The Morgan fingerprint density at radius 3 is 2.56 bits per heavy atom. The van der Waals surface area contributed by atoms with Crippen LogP contribution in [0.3, 0.4) is 0 Å². The molecule has 0 atom stereocenters. The monoisotopic (exact) mass is 247 g/mol. The van der Waals surface area contributed by atoms with Crippen LogP contribution in [0.1, 0.15) is 12.0 Å². The van der Waals surface area contributed by atoms with Crippen LogP contribution in [0.2, 0.25) is 0 Å². The van der Waals surface area contributed by atoms with Gasteiger partial charge in [0, 0.05) is 44.0 Å². The fourth-order valence-electron chi connectivity index (χ4n) is 2.82. The molecule has 2 fully saturated rings. The van der Waals surface area contributed by atoms with Crippen molar-refractivity contribution in [3.05, 3.63) is 30.1 Å². The second-order valence-corrected chi connectivity index (χ2v) is 5.35. The van der Waals surface area contributed by atoms with E-state index < -0.39 is 0 Å². The molecule has 2 aliphatic rings. The second-order valence-electron chi connectivity index (χ2n) is 5.35. The number of pyridine rings is 1. The van der Waals surface area contributed by atoms with Crippen LogP contribution in [-0.2, 0) is 10.2 Å². The van der Waals surface area contributed by atoms with Gasteiger partial charge in [0.1, 0.15) is 0 Å². The molecule has 98 valence electrons. The molecule has 0 radical (unpaired) electrons. The van der Waals surface area contributed by atoms with Crippen molar-refractivity contribution in [1.29, 1.82) is 0 Å². The number of rotatable bonds is 4. The van der Waals surface area contributed by atoms with Gasteiger partial charge >= 0.3 is 0 Å². The molecule has 0 amide bonds. The molecule has 3 rings (SSSR count). The van der Waals surface area contributed by atoms with E-state index in [0.717, 1.165) is 26.3 Å². The molecule has 1 aromatic heterocycles. The molecular weight excluding hydrogens is 226 g/mol. The lowest BCUT2D eigenvalue weighted by molar-refractivity contribution is -0.0679. The van der Waals surface area contributed by atoms with Crippen molar-refractivity contribution in [3.8, 4) is 0 Å². The standard InChI is InChI=1S/C14H21N3O/c1-4-15-5-2-13(1)14(11-18-12-14)3-8-17-9-6-16-7-10-17/h1-2,4-5,16H,3,6-12H2. The highest BCUT2D eigenvalue weighted by molar-refractivity contribution is 5.25. The fourth-order valence-corrected chi connectivity index (χ4v) is 2.82. The van der Waals surface area contributed by atoms with Crippen molar-refractivity contribution in [2.24, 2.45) is 0 Å². The summed E-state index contributed by atoms with van der Waals surface area (Å²) in [4.78, 5) is 6.66. The number of piperazine rings is 1. The Hall–Kier alpha value is -0.970. The molecule has 4 heteroatoms. The van der Waals surface area contributed by atoms with E-state index >= 15 is 0 Å². The minimum Gasteiger partial charge on any atom is -0.379 e. The summed E-state index contributed by atoms with van der Waals surface area (Å²) in [5, 5.41) is 3.40. The second kappa shape index (κ2) is 5.34. The van der Waals surface area contributed by atoms with E-state index in [1.807, 2.05) is 12.4 Å². The molecule has 1 N–H and O–H groups in total. The number of nitrogens with one attached hydrogen (secondary N) is 1. The molecule has 0 aromatic carbocycles. The van der Waals surface area contributed by atoms with Gasteiger partial charge in [0.05, 0.1) is 13.2 Å². The largest absolute Gasteiger partial charge is 0.379 e. The number of nitrogens with zero attached hydrogens (tertiary/aromatic N) is 2. The maximum atomic E-state index is 5.48. The summed E-state index contributed by atoms with van der Waals surface area (Å²) < 4.78 is 5.48. The van der Waals surface area contributed by atoms with Crippen LogP contribution in [-0.4, -0.2) is 55.8 Å². The van der Waals surface area contributed by atoms with Crippen LogP contribution in [0.25, 0.3) is 0 Å². The fraction of sp³-hybridized carbons (Fsp3) is 0.643. The van der Waals surface area contributed by atoms with Gasteiger partial charge in [-0.1, -0.05) is 0 Å². The maximum absolute atomic E-state index is 5.48. The van der Waals surface area contributed by atoms with E-state index in [1.165, 1.54) is 31.6 Å². The first-order chi connectivity index (χ1) is 8.89. The van der Waals surface area contributed by atoms with Gasteiger partial charge in [-0.2, -0.15) is 0 Å². The predicted molar refractivity (Wildman–Crippen MR) is 70.7 cm³/mol. The highest BCUT2D eigenvalue weighted by atomic mass is 16.5. The van der Waals surface area contributed by atoms with Gasteiger partial charge in [0.2, 0.25) is 0 Å². The molecule has 18 heavy (non-hydrogen) atoms. The Kier molecular flexibility index (Phi) is 3.59. The third-order valence-corrected chi connectivity index (χ3v) is 4.17. The first kappa shape index (κ1) is 12.1. The van der Waals surface area contributed by atoms with Crippen LogP contribution in [0.5, 0.6) is 0 Å². The minimum atomic E-state index is 0.244. The molecule has 0 aliphatic carbocycles. The maximum Gasteiger partial charge on any atom is 0.0586 e. The van der Waals surface area contributed by atoms with E-state index in [4.69, 9.17) is 4.74 Å². The molecular formula is C14H21N3O. The molecule has 3 heterocycles. The molecule has 0 unspecified atom stereocenters. The Morgan fingerprint density at radius 1 is 1.22 bits per heavy atom. The van der Waals surface area contributed by atoms with Gasteiger partial charge in [0.25, 0.3) is 0 Å². The van der Waals surface area contributed by atoms with Gasteiger partial charge in [-0.3, -0.25) is 4.98 Å². The van der Waals surface area contributed by atoms with Crippen molar-refractivity contribution in [2.75, 3.05) is 45.9 Å². The highest BCUT2D eigenvalue weighted by Crippen LogP contribution is 2.35. The zero-order chi connectivity index (χ0) is 12.3. The molecule has 1 aromatic rings. The van der Waals surface area contributed by atoms with Gasteiger partial charge in [-0.25, -0.2) is 0 Å². The summed E-state index contributed by atoms with van der Waals surface area (Å²) in [5.41, 5.74) is 1.63. The van der Waals surface area contributed by atoms with Gasteiger partial charge in [-0.15, -0.1) is 0 Å². The smallest absolute Gasteiger partial charge is 0.0586 e. The quantitative estimate of drug-likeness (QED) is 0.847. The van der Waals surface area contributed by atoms with E-state index in [1.54, 1.807) is 0 Å². The Morgan fingerprint density at radius 2 is 1.94 bits per heavy atom. The van der Waals surface area contributed by atoms with E-state index in [-0.39, 0.29) is 5.41 Å². The molecule has 2 saturated heterocycles. The summed E-state index contributed by atoms with van der Waals surface area (Å²) in [6.45, 7) is 7.50. The molecule has 0 saturated carbocycles. The summed E-state index contributed by atoms with van der Waals surface area (Å²) in [7, 11) is 0. The van der Waals surface area contributed by atoms with Crippen molar-refractivity contribution in [1.82, 2.24) is 15.2 Å². The van der Waals surface area contributed by atoms with Crippen molar-refractivity contribution in [3.63, 3.8) is 0 Å². The normalized spacial score (nSPS) is 23.6. The summed E-state index contributed by atoms with van der Waals surface area (Å²) in [5.74, 6) is 0. The predicted octanol–water partition coefficient (Wildman–Crippen LogP) is 0.645. The van der Waals surface area contributed by atoms with E-state index in [2.05, 4.69) is 27.3 Å². The first-order valence-corrected chi connectivity index (χ1v) is 6.80. The lowest BCUT2D eigenvalue weighted by Crippen LogP contribution is -2.51. The average molecular weight is 247 g/mol. The number of aromatic nitrogens is 1. The Labute approximate surface area is 108 Å². The number of ether oxygens (including phenoxy) is 1. The minimum absolute atomic E-state index is 0.244. The first-order valence-electron chi connectivity index (χ1n) is 6.80. The third-order valence-electron chi connectivity index (χ3n) is 4.17. The lowest BCUT2D eigenvalue weighted by Gasteiger charge is -2.43. The van der Waals surface area contributed by atoms with Gasteiger partial charge in [-0.05, 0) is 30.7 Å². The summed E-state index contributed by atoms with van der Waals surface area (Å²) in [6, 6.07) is 4.28. The average Bonchev–Trinajstić information content (AvgIpc) is 2.40. The highest BCUT2D eigenvalue weighted by Gasteiger charge is 2.40. The van der Waals surface area contributed by atoms with Crippen LogP contribution >= 0.6 is 0 Å².